The molecule has 1 aromatic heterocycles. The minimum Gasteiger partial charge on any atom is -0.299 e. The molecule has 0 aliphatic heterocycles. The number of rotatable bonds is 3. The van der Waals surface area contributed by atoms with Crippen LogP contribution in [-0.2, 0) is 0 Å². The van der Waals surface area contributed by atoms with E-state index < -0.39 is 4.92 Å². The van der Waals surface area contributed by atoms with Gasteiger partial charge in [-0.25, -0.2) is 4.98 Å². The molecule has 0 saturated carbocycles. The largest absolute Gasteiger partial charge is 0.299 e. The molecule has 3 aromatic rings. The van der Waals surface area contributed by atoms with Crippen molar-refractivity contribution in [1.29, 1.82) is 0 Å². The van der Waals surface area contributed by atoms with Crippen LogP contribution in [0.25, 0.3) is 16.7 Å². The highest BCUT2D eigenvalue weighted by Crippen LogP contribution is 2.23. The summed E-state index contributed by atoms with van der Waals surface area (Å²) in [7, 11) is 0. The van der Waals surface area contributed by atoms with Gasteiger partial charge in [0.15, 0.2) is 5.78 Å². The van der Waals surface area contributed by atoms with Gasteiger partial charge in [-0.15, -0.1) is 0 Å². The van der Waals surface area contributed by atoms with E-state index in [1.54, 1.807) is 35.2 Å². The number of non-ortho nitro benzene ring substituents is 1. The molecule has 3 rings (SSSR count). The van der Waals surface area contributed by atoms with E-state index in [1.807, 2.05) is 6.07 Å². The molecule has 0 radical (unpaired) electrons. The van der Waals surface area contributed by atoms with Crippen molar-refractivity contribution in [1.82, 2.24) is 9.55 Å². The Labute approximate surface area is 119 Å². The molecule has 6 heteroatoms. The molecule has 0 bridgehead atoms. The van der Waals surface area contributed by atoms with Gasteiger partial charge in [0.1, 0.15) is 6.33 Å². The van der Waals surface area contributed by atoms with Crippen LogP contribution in [0.15, 0.2) is 48.8 Å². The van der Waals surface area contributed by atoms with E-state index in [9.17, 15) is 14.9 Å². The molecule has 0 aliphatic rings. The molecule has 0 unspecified atom stereocenters. The van der Waals surface area contributed by atoms with Crippen LogP contribution in [-0.4, -0.2) is 20.3 Å². The van der Waals surface area contributed by atoms with Gasteiger partial charge >= 0.3 is 0 Å². The highest BCUT2D eigenvalue weighted by Gasteiger charge is 2.11. The fraction of sp³-hybridized carbons (Fsp3) is 0.0667. The van der Waals surface area contributed by atoms with Crippen LogP contribution in [0, 0.1) is 10.1 Å². The number of aromatic nitrogens is 2. The number of carbonyl (C=O) groups is 1. The maximum absolute atomic E-state index is 11.5. The van der Waals surface area contributed by atoms with E-state index >= 15 is 0 Å². The van der Waals surface area contributed by atoms with Crippen LogP contribution in [0.4, 0.5) is 5.69 Å². The van der Waals surface area contributed by atoms with Crippen molar-refractivity contribution in [2.75, 3.05) is 0 Å². The number of Topliss-reactive ketones (excluding diaryl/α,β-unsaturated/α-hetero) is 1. The number of hydrogen-bond donors (Lipinski definition) is 0. The second-order valence-corrected chi connectivity index (χ2v) is 4.65. The molecule has 0 atom stereocenters. The Kier molecular flexibility index (Phi) is 2.98. The lowest BCUT2D eigenvalue weighted by molar-refractivity contribution is -0.384. The first-order valence-electron chi connectivity index (χ1n) is 6.29. The quantitative estimate of drug-likeness (QED) is 0.419. The number of hydrogen-bond acceptors (Lipinski definition) is 4. The van der Waals surface area contributed by atoms with Crippen molar-refractivity contribution in [2.45, 2.75) is 6.92 Å². The summed E-state index contributed by atoms with van der Waals surface area (Å²) in [6, 6.07) is 11.7. The zero-order valence-corrected chi connectivity index (χ0v) is 11.2. The number of fused-ring (bicyclic) bond motifs is 1. The minimum absolute atomic E-state index is 0.00485. The summed E-state index contributed by atoms with van der Waals surface area (Å²) in [5.41, 5.74) is 2.69. The van der Waals surface area contributed by atoms with Crippen LogP contribution in [0.3, 0.4) is 0 Å². The van der Waals surface area contributed by atoms with Gasteiger partial charge in [0.05, 0.1) is 16.0 Å². The van der Waals surface area contributed by atoms with Crippen molar-refractivity contribution in [3.8, 4) is 5.69 Å². The van der Waals surface area contributed by atoms with Crippen molar-refractivity contribution in [2.24, 2.45) is 0 Å². The SMILES string of the molecule is CC(=O)c1cccc(-n2cnc3cc([N+](=O)[O-])ccc32)c1. The molecule has 0 saturated heterocycles. The Morgan fingerprint density at radius 2 is 2.05 bits per heavy atom. The zero-order valence-electron chi connectivity index (χ0n) is 11.2. The Hall–Kier alpha value is -3.02. The van der Waals surface area contributed by atoms with E-state index in [0.717, 1.165) is 11.2 Å². The first-order valence-corrected chi connectivity index (χ1v) is 6.29. The van der Waals surface area contributed by atoms with E-state index in [-0.39, 0.29) is 11.5 Å². The molecule has 0 spiro atoms. The second kappa shape index (κ2) is 4.82. The van der Waals surface area contributed by atoms with Crippen molar-refractivity contribution < 1.29 is 9.72 Å². The van der Waals surface area contributed by atoms with Crippen molar-refractivity contribution in [3.63, 3.8) is 0 Å². The highest BCUT2D eigenvalue weighted by atomic mass is 16.6. The number of nitro groups is 1. The summed E-state index contributed by atoms with van der Waals surface area (Å²) in [6.45, 7) is 1.51. The number of nitro benzene ring substituents is 1. The lowest BCUT2D eigenvalue weighted by Crippen LogP contribution is -1.97. The predicted molar refractivity (Wildman–Crippen MR) is 77.7 cm³/mol. The molecular weight excluding hydrogens is 270 g/mol. The summed E-state index contributed by atoms with van der Waals surface area (Å²) in [5.74, 6) is -0.0168. The Balaban J connectivity index is 2.15. The molecule has 104 valence electrons. The summed E-state index contributed by atoms with van der Waals surface area (Å²) < 4.78 is 1.80. The number of nitrogens with zero attached hydrogens (tertiary/aromatic N) is 3. The normalized spacial score (nSPS) is 10.7. The zero-order chi connectivity index (χ0) is 15.0. The smallest absolute Gasteiger partial charge is 0.271 e. The monoisotopic (exact) mass is 281 g/mol. The average molecular weight is 281 g/mol. The fourth-order valence-electron chi connectivity index (χ4n) is 2.20. The van der Waals surface area contributed by atoms with Gasteiger partial charge in [-0.05, 0) is 25.1 Å². The van der Waals surface area contributed by atoms with Gasteiger partial charge in [0.25, 0.3) is 5.69 Å². The first kappa shape index (κ1) is 13.0. The van der Waals surface area contributed by atoms with Crippen LogP contribution < -0.4 is 0 Å². The third kappa shape index (κ3) is 2.27. The van der Waals surface area contributed by atoms with Gasteiger partial charge < -0.3 is 0 Å². The van der Waals surface area contributed by atoms with E-state index in [1.165, 1.54) is 19.1 Å². The van der Waals surface area contributed by atoms with E-state index in [2.05, 4.69) is 4.98 Å². The topological polar surface area (TPSA) is 78.0 Å². The van der Waals surface area contributed by atoms with Crippen molar-refractivity contribution in [3.05, 3.63) is 64.5 Å². The standard InChI is InChI=1S/C15H11N3O3/c1-10(19)11-3-2-4-12(7-11)17-9-16-14-8-13(18(20)21)5-6-15(14)17/h2-9H,1H3. The first-order chi connectivity index (χ1) is 10.1. The third-order valence-corrected chi connectivity index (χ3v) is 3.27. The molecule has 0 fully saturated rings. The molecule has 0 N–H and O–H groups in total. The number of imidazole rings is 1. The predicted octanol–water partition coefficient (Wildman–Crippen LogP) is 3.14. The molecular formula is C15H11N3O3. The molecule has 1 heterocycles. The van der Waals surface area contributed by atoms with Gasteiger partial charge in [0.2, 0.25) is 0 Å². The number of benzene rings is 2. The third-order valence-electron chi connectivity index (χ3n) is 3.27. The number of ketones is 1. The Morgan fingerprint density at radius 1 is 1.24 bits per heavy atom. The average Bonchev–Trinajstić information content (AvgIpc) is 2.90. The van der Waals surface area contributed by atoms with Crippen LogP contribution in [0.2, 0.25) is 0 Å². The van der Waals surface area contributed by atoms with Crippen LogP contribution >= 0.6 is 0 Å². The summed E-state index contributed by atoms with van der Waals surface area (Å²) in [6.07, 6.45) is 1.59. The van der Waals surface area contributed by atoms with Crippen LogP contribution in [0.5, 0.6) is 0 Å². The van der Waals surface area contributed by atoms with Crippen LogP contribution in [0.1, 0.15) is 17.3 Å². The molecule has 2 aromatic carbocycles. The lowest BCUT2D eigenvalue weighted by atomic mass is 10.1. The lowest BCUT2D eigenvalue weighted by Gasteiger charge is -2.05. The summed E-state index contributed by atoms with van der Waals surface area (Å²) in [4.78, 5) is 26.0. The summed E-state index contributed by atoms with van der Waals surface area (Å²) >= 11 is 0. The summed E-state index contributed by atoms with van der Waals surface area (Å²) in [5, 5.41) is 10.8. The molecule has 0 aliphatic carbocycles. The van der Waals surface area contributed by atoms with E-state index in [0.29, 0.717) is 11.1 Å². The highest BCUT2D eigenvalue weighted by molar-refractivity contribution is 5.94. The van der Waals surface area contributed by atoms with Crippen molar-refractivity contribution >= 4 is 22.5 Å². The Bertz CT molecular complexity index is 867. The minimum atomic E-state index is -0.450. The molecule has 0 amide bonds. The van der Waals surface area contributed by atoms with E-state index in [4.69, 9.17) is 0 Å². The maximum atomic E-state index is 11.5. The van der Waals surface area contributed by atoms with Gasteiger partial charge in [-0.2, -0.15) is 0 Å². The second-order valence-electron chi connectivity index (χ2n) is 4.65. The Morgan fingerprint density at radius 3 is 2.76 bits per heavy atom. The van der Waals surface area contributed by atoms with Gasteiger partial charge in [0, 0.05) is 23.4 Å². The maximum Gasteiger partial charge on any atom is 0.271 e. The number of carbonyl (C=O) groups excluding carboxylic acids is 1. The van der Waals surface area contributed by atoms with Gasteiger partial charge in [-0.3, -0.25) is 19.5 Å². The molecule has 6 nitrogen and oxygen atoms in total. The van der Waals surface area contributed by atoms with Gasteiger partial charge in [-0.1, -0.05) is 12.1 Å². The fourth-order valence-corrected chi connectivity index (χ4v) is 2.20. The molecule has 21 heavy (non-hydrogen) atoms.